The number of carbonyl (C=O) groups excluding carboxylic acids is 2. The van der Waals surface area contributed by atoms with Gasteiger partial charge < -0.3 is 5.32 Å². The van der Waals surface area contributed by atoms with Crippen LogP contribution in [-0.2, 0) is 22.3 Å². The Hall–Kier alpha value is -2.94. The van der Waals surface area contributed by atoms with Gasteiger partial charge in [-0.05, 0) is 76.5 Å². The van der Waals surface area contributed by atoms with E-state index in [0.717, 1.165) is 43.8 Å². The van der Waals surface area contributed by atoms with E-state index in [1.807, 2.05) is 32.9 Å². The van der Waals surface area contributed by atoms with E-state index in [4.69, 9.17) is 0 Å². The maximum absolute atomic E-state index is 12.8. The van der Waals surface area contributed by atoms with Crippen LogP contribution in [0, 0.1) is 5.92 Å². The molecule has 1 aliphatic rings. The van der Waals surface area contributed by atoms with E-state index in [1.54, 1.807) is 12.1 Å². The van der Waals surface area contributed by atoms with E-state index in [0.29, 0.717) is 18.6 Å². The number of hydrogen-bond acceptors (Lipinski definition) is 4. The Bertz CT molecular complexity index is 963. The highest BCUT2D eigenvalue weighted by Crippen LogP contribution is 2.31. The normalized spacial score (nSPS) is 15.8. The number of hydrogen-bond donors (Lipinski definition) is 1. The van der Waals surface area contributed by atoms with Crippen LogP contribution in [0.4, 0.5) is 24.7 Å². The first-order chi connectivity index (χ1) is 15.5. The molecule has 1 aromatic carbocycles. The third kappa shape index (κ3) is 6.77. The van der Waals surface area contributed by atoms with E-state index < -0.39 is 11.7 Å². The second-order valence-electron chi connectivity index (χ2n) is 9.34. The highest BCUT2D eigenvalue weighted by molar-refractivity contribution is 5.85. The van der Waals surface area contributed by atoms with Gasteiger partial charge in [-0.15, -0.1) is 0 Å². The molecule has 2 aromatic rings. The van der Waals surface area contributed by atoms with Crippen molar-refractivity contribution in [3.05, 3.63) is 53.7 Å². The molecule has 0 saturated carbocycles. The van der Waals surface area contributed by atoms with Crippen molar-refractivity contribution in [2.24, 2.45) is 5.92 Å². The minimum atomic E-state index is -4.49. The molecule has 178 valence electrons. The largest absolute Gasteiger partial charge is 0.417 e. The van der Waals surface area contributed by atoms with Crippen molar-refractivity contribution in [1.82, 2.24) is 15.2 Å². The van der Waals surface area contributed by atoms with E-state index in [9.17, 15) is 22.8 Å². The molecule has 6 nitrogen and oxygen atoms in total. The predicted molar refractivity (Wildman–Crippen MR) is 120 cm³/mol. The number of likely N-dealkylation sites (tertiary alicyclic amines) is 1. The van der Waals surface area contributed by atoms with Crippen molar-refractivity contribution in [2.75, 3.05) is 18.0 Å². The van der Waals surface area contributed by atoms with Gasteiger partial charge in [0.25, 0.3) is 0 Å². The zero-order valence-electron chi connectivity index (χ0n) is 19.0. The number of nitrogens with one attached hydrogen (secondary N) is 1. The smallest absolute Gasteiger partial charge is 0.351 e. The van der Waals surface area contributed by atoms with E-state index in [-0.39, 0.29) is 23.2 Å². The van der Waals surface area contributed by atoms with Gasteiger partial charge in [0.1, 0.15) is 5.82 Å². The van der Waals surface area contributed by atoms with Gasteiger partial charge in [-0.1, -0.05) is 12.1 Å². The minimum absolute atomic E-state index is 0.00288. The Balaban J connectivity index is 1.64. The van der Waals surface area contributed by atoms with Crippen LogP contribution in [0.25, 0.3) is 0 Å². The quantitative estimate of drug-likeness (QED) is 0.641. The molecule has 1 aromatic heterocycles. The molecule has 33 heavy (non-hydrogen) atoms. The molecule has 2 amide bonds. The van der Waals surface area contributed by atoms with Crippen molar-refractivity contribution >= 4 is 23.8 Å². The van der Waals surface area contributed by atoms with Crippen LogP contribution in [0.3, 0.4) is 0 Å². The molecular formula is C24H29F3N4O2. The Morgan fingerprint density at radius 1 is 1.18 bits per heavy atom. The van der Waals surface area contributed by atoms with Crippen LogP contribution < -0.4 is 10.2 Å². The Kier molecular flexibility index (Phi) is 7.41. The molecule has 0 aliphatic carbocycles. The van der Waals surface area contributed by atoms with Gasteiger partial charge in [-0.3, -0.25) is 19.4 Å². The number of piperidine rings is 1. The number of amides is 2. The lowest BCUT2D eigenvalue weighted by Crippen LogP contribution is -2.46. The molecule has 0 bridgehead atoms. The Morgan fingerprint density at radius 3 is 2.42 bits per heavy atom. The second kappa shape index (κ2) is 9.91. The summed E-state index contributed by atoms with van der Waals surface area (Å²) in [5.74, 6) is 0.207. The van der Waals surface area contributed by atoms with Crippen LogP contribution >= 0.6 is 0 Å². The predicted octanol–water partition coefficient (Wildman–Crippen LogP) is 4.52. The van der Waals surface area contributed by atoms with Gasteiger partial charge in [-0.2, -0.15) is 13.2 Å². The van der Waals surface area contributed by atoms with Gasteiger partial charge in [0.15, 0.2) is 0 Å². The molecule has 3 rings (SSSR count). The Morgan fingerprint density at radius 2 is 1.88 bits per heavy atom. The van der Waals surface area contributed by atoms with Crippen molar-refractivity contribution < 1.29 is 22.8 Å². The fraction of sp³-hybridized carbons (Fsp3) is 0.458. The lowest BCUT2D eigenvalue weighted by Gasteiger charge is -2.33. The van der Waals surface area contributed by atoms with Gasteiger partial charge in [0, 0.05) is 24.2 Å². The van der Waals surface area contributed by atoms with Gasteiger partial charge in [0.05, 0.1) is 11.3 Å². The number of benzene rings is 1. The molecule has 1 fully saturated rings. The lowest BCUT2D eigenvalue weighted by atomic mass is 9.94. The number of nitrogens with zero attached hydrogens (tertiary/aromatic N) is 3. The summed E-state index contributed by atoms with van der Waals surface area (Å²) >= 11 is 0. The zero-order chi connectivity index (χ0) is 24.2. The summed E-state index contributed by atoms with van der Waals surface area (Å²) in [6.07, 6.45) is -1.68. The Labute approximate surface area is 191 Å². The maximum atomic E-state index is 12.8. The standard InChI is InChI=1S/C24H29F3N4O2/c1-23(2,3)29-22(33)18-9-11-30(12-10-18)15-17-5-4-6-20(13-17)31(16-32)21-8-7-19(14-28-21)24(25,26)27/h4-8,13-14,16,18H,9-12,15H2,1-3H3,(H,29,33). The molecule has 9 heteroatoms. The molecule has 2 heterocycles. The number of alkyl halides is 3. The van der Waals surface area contributed by atoms with Crippen molar-refractivity contribution in [3.8, 4) is 0 Å². The third-order valence-corrected chi connectivity index (χ3v) is 5.48. The highest BCUT2D eigenvalue weighted by atomic mass is 19.4. The third-order valence-electron chi connectivity index (χ3n) is 5.48. The number of carbonyl (C=O) groups is 2. The van der Waals surface area contributed by atoms with Crippen LogP contribution in [0.5, 0.6) is 0 Å². The molecule has 0 radical (unpaired) electrons. The average molecular weight is 463 g/mol. The molecule has 0 unspecified atom stereocenters. The van der Waals surface area contributed by atoms with Crippen LogP contribution in [0.15, 0.2) is 42.6 Å². The lowest BCUT2D eigenvalue weighted by molar-refractivity contribution is -0.137. The van der Waals surface area contributed by atoms with Crippen LogP contribution in [-0.4, -0.2) is 40.8 Å². The molecule has 0 atom stereocenters. The minimum Gasteiger partial charge on any atom is -0.351 e. The summed E-state index contributed by atoms with van der Waals surface area (Å²) in [7, 11) is 0. The second-order valence-corrected chi connectivity index (χ2v) is 9.34. The van der Waals surface area contributed by atoms with E-state index >= 15 is 0 Å². The van der Waals surface area contributed by atoms with Crippen LogP contribution in [0.1, 0.15) is 44.7 Å². The summed E-state index contributed by atoms with van der Waals surface area (Å²) < 4.78 is 38.4. The van der Waals surface area contributed by atoms with E-state index in [1.165, 1.54) is 11.0 Å². The highest BCUT2D eigenvalue weighted by Gasteiger charge is 2.31. The summed E-state index contributed by atoms with van der Waals surface area (Å²) in [6, 6.07) is 9.35. The summed E-state index contributed by atoms with van der Waals surface area (Å²) in [6.45, 7) is 8.12. The SMILES string of the molecule is CC(C)(C)NC(=O)C1CCN(Cc2cccc(N(C=O)c3ccc(C(F)(F)F)cn3)c2)CC1. The molecule has 1 saturated heterocycles. The van der Waals surface area contributed by atoms with Gasteiger partial charge in [0.2, 0.25) is 12.3 Å². The fourth-order valence-electron chi connectivity index (χ4n) is 3.83. The first-order valence-electron chi connectivity index (χ1n) is 10.9. The fourth-order valence-corrected chi connectivity index (χ4v) is 3.83. The summed E-state index contributed by atoms with van der Waals surface area (Å²) in [5, 5.41) is 3.04. The topological polar surface area (TPSA) is 65.5 Å². The molecule has 1 aliphatic heterocycles. The average Bonchev–Trinajstić information content (AvgIpc) is 2.74. The summed E-state index contributed by atoms with van der Waals surface area (Å²) in [4.78, 5) is 31.4. The molecule has 0 spiro atoms. The number of pyridine rings is 1. The number of anilines is 2. The first kappa shape index (κ1) is 24.7. The van der Waals surface area contributed by atoms with E-state index in [2.05, 4.69) is 15.2 Å². The first-order valence-corrected chi connectivity index (χ1v) is 10.9. The molecular weight excluding hydrogens is 433 g/mol. The number of aromatic nitrogens is 1. The number of rotatable bonds is 6. The van der Waals surface area contributed by atoms with Gasteiger partial charge >= 0.3 is 6.18 Å². The van der Waals surface area contributed by atoms with Crippen LogP contribution in [0.2, 0.25) is 0 Å². The summed E-state index contributed by atoms with van der Waals surface area (Å²) in [5.41, 5.74) is 0.365. The zero-order valence-corrected chi connectivity index (χ0v) is 19.0. The monoisotopic (exact) mass is 462 g/mol. The van der Waals surface area contributed by atoms with Crippen molar-refractivity contribution in [1.29, 1.82) is 0 Å². The molecule has 1 N–H and O–H groups in total. The van der Waals surface area contributed by atoms with Crippen molar-refractivity contribution in [3.63, 3.8) is 0 Å². The number of halogens is 3. The maximum Gasteiger partial charge on any atom is 0.417 e. The van der Waals surface area contributed by atoms with Gasteiger partial charge in [-0.25, -0.2) is 4.98 Å². The van der Waals surface area contributed by atoms with Crippen molar-refractivity contribution in [2.45, 2.75) is 51.9 Å².